The summed E-state index contributed by atoms with van der Waals surface area (Å²) >= 11 is 0. The van der Waals surface area contributed by atoms with Crippen LogP contribution in [0.3, 0.4) is 0 Å². The van der Waals surface area contributed by atoms with Gasteiger partial charge in [0.1, 0.15) is 12.6 Å². The average Bonchev–Trinajstić information content (AvgIpc) is 3.51. The Hall–Kier alpha value is -4.05. The first-order valence-electron chi connectivity index (χ1n) is 15.3. The summed E-state index contributed by atoms with van der Waals surface area (Å²) in [6, 6.07) is 21.4. The minimum absolute atomic E-state index is 0.0414. The molecule has 1 aliphatic heterocycles. The van der Waals surface area contributed by atoms with E-state index in [2.05, 4.69) is 5.32 Å². The zero-order chi connectivity index (χ0) is 31.1. The predicted octanol–water partition coefficient (Wildman–Crippen LogP) is 4.97. The first-order chi connectivity index (χ1) is 21.2. The van der Waals surface area contributed by atoms with E-state index >= 15 is 0 Å². The Labute approximate surface area is 260 Å². The maximum Gasteiger partial charge on any atom is 0.244 e. The number of carbonyl (C=O) groups excluding carboxylic acids is 2. The van der Waals surface area contributed by atoms with Crippen molar-refractivity contribution in [1.29, 1.82) is 0 Å². The number of carbonyl (C=O) groups is 2. The van der Waals surface area contributed by atoms with Crippen molar-refractivity contribution in [1.82, 2.24) is 10.2 Å². The van der Waals surface area contributed by atoms with Crippen molar-refractivity contribution in [2.45, 2.75) is 71.0 Å². The quantitative estimate of drug-likeness (QED) is 0.307. The second kappa shape index (κ2) is 14.2. The number of sulfonamides is 1. The minimum atomic E-state index is -3.88. The van der Waals surface area contributed by atoms with E-state index in [9.17, 15) is 18.0 Å². The van der Waals surface area contributed by atoms with Crippen LogP contribution in [0.5, 0.6) is 11.5 Å². The van der Waals surface area contributed by atoms with Crippen molar-refractivity contribution in [3.05, 3.63) is 89.5 Å². The Bertz CT molecular complexity index is 1560. The van der Waals surface area contributed by atoms with Gasteiger partial charge in [-0.15, -0.1) is 0 Å². The van der Waals surface area contributed by atoms with Crippen molar-refractivity contribution in [3.8, 4) is 11.5 Å². The highest BCUT2D eigenvalue weighted by molar-refractivity contribution is 7.92. The number of amides is 2. The van der Waals surface area contributed by atoms with Crippen LogP contribution in [0.25, 0.3) is 0 Å². The van der Waals surface area contributed by atoms with Crippen molar-refractivity contribution >= 4 is 27.5 Å². The number of hydrogen-bond donors (Lipinski definition) is 1. The molecule has 3 aromatic rings. The molecule has 0 radical (unpaired) electrons. The Kier molecular flexibility index (Phi) is 10.1. The molecule has 44 heavy (non-hydrogen) atoms. The molecule has 5 rings (SSSR count). The lowest BCUT2D eigenvalue weighted by atomic mass is 9.94. The normalized spacial score (nSPS) is 15.4. The first-order valence-corrected chi connectivity index (χ1v) is 16.9. The van der Waals surface area contributed by atoms with Crippen molar-refractivity contribution < 1.29 is 27.5 Å². The lowest BCUT2D eigenvalue weighted by Gasteiger charge is -2.35. The van der Waals surface area contributed by atoms with Gasteiger partial charge in [-0.1, -0.05) is 73.9 Å². The third-order valence-electron chi connectivity index (χ3n) is 8.45. The summed E-state index contributed by atoms with van der Waals surface area (Å²) in [6.07, 6.45) is 5.37. The van der Waals surface area contributed by atoms with Gasteiger partial charge in [-0.25, -0.2) is 8.42 Å². The molecule has 2 aliphatic rings. The Morgan fingerprint density at radius 2 is 1.64 bits per heavy atom. The molecule has 0 aromatic heterocycles. The fraction of sp³-hybridized carbons (Fsp3) is 0.412. The summed E-state index contributed by atoms with van der Waals surface area (Å²) < 4.78 is 38.9. The van der Waals surface area contributed by atoms with Crippen LogP contribution in [0, 0.1) is 6.92 Å². The molecule has 1 aliphatic carbocycles. The predicted molar refractivity (Wildman–Crippen MR) is 170 cm³/mol. The maximum atomic E-state index is 14.5. The smallest absolute Gasteiger partial charge is 0.244 e. The van der Waals surface area contributed by atoms with Gasteiger partial charge in [-0.2, -0.15) is 0 Å². The molecule has 1 fully saturated rings. The maximum absolute atomic E-state index is 14.5. The van der Waals surface area contributed by atoms with Crippen molar-refractivity contribution in [2.75, 3.05) is 23.4 Å². The van der Waals surface area contributed by atoms with E-state index in [1.807, 2.05) is 61.5 Å². The van der Waals surface area contributed by atoms with Gasteiger partial charge in [0, 0.05) is 25.1 Å². The van der Waals surface area contributed by atoms with Crippen LogP contribution >= 0.6 is 0 Å². The Balaban J connectivity index is 1.52. The van der Waals surface area contributed by atoms with Crippen LogP contribution in [0.2, 0.25) is 0 Å². The third kappa shape index (κ3) is 7.53. The number of nitrogens with zero attached hydrogens (tertiary/aromatic N) is 2. The van der Waals surface area contributed by atoms with E-state index in [1.165, 1.54) is 0 Å². The van der Waals surface area contributed by atoms with E-state index in [4.69, 9.17) is 9.47 Å². The first kappa shape index (κ1) is 31.4. The van der Waals surface area contributed by atoms with Gasteiger partial charge in [0.25, 0.3) is 0 Å². The molecule has 0 unspecified atom stereocenters. The minimum Gasteiger partial charge on any atom is -0.454 e. The number of benzene rings is 3. The lowest BCUT2D eigenvalue weighted by molar-refractivity contribution is -0.140. The number of nitrogens with one attached hydrogen (secondary N) is 1. The molecule has 1 saturated carbocycles. The molecule has 0 spiro atoms. The molecule has 0 bridgehead atoms. The monoisotopic (exact) mass is 619 g/mol. The molecule has 3 aromatic carbocycles. The summed E-state index contributed by atoms with van der Waals surface area (Å²) in [5, 5.41) is 3.23. The second-order valence-electron chi connectivity index (χ2n) is 11.4. The van der Waals surface area contributed by atoms with Gasteiger partial charge >= 0.3 is 0 Å². The lowest BCUT2D eigenvalue weighted by Crippen LogP contribution is -2.55. The molecule has 0 saturated heterocycles. The van der Waals surface area contributed by atoms with E-state index in [1.54, 1.807) is 30.0 Å². The summed E-state index contributed by atoms with van der Waals surface area (Å²) in [5.41, 5.74) is 3.07. The number of rotatable bonds is 12. The fourth-order valence-corrected chi connectivity index (χ4v) is 6.88. The molecule has 1 N–H and O–H groups in total. The number of hydrogen-bond acceptors (Lipinski definition) is 6. The van der Waals surface area contributed by atoms with E-state index < -0.39 is 28.5 Å². The van der Waals surface area contributed by atoms with Gasteiger partial charge in [0.2, 0.25) is 28.6 Å². The third-order valence-corrected chi connectivity index (χ3v) is 10.2. The van der Waals surface area contributed by atoms with Crippen LogP contribution in [-0.2, 0) is 32.6 Å². The SMILES string of the molecule is CCS(=O)(=O)N(CC(=O)N(Cc1ccccc1C)[C@H](Cc1ccccc1)C(=O)NC1CCCCC1)c1ccc2c(c1)OCO2. The van der Waals surface area contributed by atoms with Gasteiger partial charge in [-0.3, -0.25) is 13.9 Å². The van der Waals surface area contributed by atoms with Gasteiger partial charge in [-0.05, 0) is 55.5 Å². The molecule has 10 heteroatoms. The summed E-state index contributed by atoms with van der Waals surface area (Å²) in [6.45, 7) is 3.24. The molecule has 1 heterocycles. The van der Waals surface area contributed by atoms with E-state index in [-0.39, 0.29) is 31.0 Å². The van der Waals surface area contributed by atoms with Crippen LogP contribution in [0.4, 0.5) is 5.69 Å². The molecule has 1 atom stereocenters. The van der Waals surface area contributed by atoms with E-state index in [0.29, 0.717) is 23.6 Å². The standard InChI is InChI=1S/C34H41N3O6S/c1-3-44(40,41)37(29-18-19-31-32(21-29)43-24-42-31)23-33(38)36(22-27-15-11-10-12-25(27)2)30(20-26-13-6-4-7-14-26)34(39)35-28-16-8-5-9-17-28/h4,6-7,10-15,18-19,21,28,30H,3,5,8-9,16-17,20,22-24H2,1-2H3,(H,35,39)/t30-/m1/s1. The second-order valence-corrected chi connectivity index (χ2v) is 13.6. The van der Waals surface area contributed by atoms with Crippen LogP contribution in [-0.4, -0.2) is 56.3 Å². The van der Waals surface area contributed by atoms with Crippen molar-refractivity contribution in [3.63, 3.8) is 0 Å². The zero-order valence-corrected chi connectivity index (χ0v) is 26.2. The number of anilines is 1. The van der Waals surface area contributed by atoms with Gasteiger partial charge in [0.15, 0.2) is 11.5 Å². The van der Waals surface area contributed by atoms with Crippen molar-refractivity contribution in [2.24, 2.45) is 0 Å². The number of ether oxygens (including phenoxy) is 2. The topological polar surface area (TPSA) is 105 Å². The molecular weight excluding hydrogens is 578 g/mol. The molecule has 9 nitrogen and oxygen atoms in total. The van der Waals surface area contributed by atoms with Gasteiger partial charge < -0.3 is 19.7 Å². The summed E-state index contributed by atoms with van der Waals surface area (Å²) in [4.78, 5) is 30.1. The summed E-state index contributed by atoms with van der Waals surface area (Å²) in [7, 11) is -3.88. The van der Waals surface area contributed by atoms with Crippen LogP contribution in [0.15, 0.2) is 72.8 Å². The molecule has 234 valence electrons. The Morgan fingerprint density at radius 3 is 2.36 bits per heavy atom. The van der Waals surface area contributed by atoms with E-state index in [0.717, 1.165) is 53.1 Å². The van der Waals surface area contributed by atoms with Crippen LogP contribution in [0.1, 0.15) is 55.7 Å². The highest BCUT2D eigenvalue weighted by atomic mass is 32.2. The molecule has 2 amide bonds. The molecular formula is C34H41N3O6S. The Morgan fingerprint density at radius 1 is 0.932 bits per heavy atom. The number of fused-ring (bicyclic) bond motifs is 1. The average molecular weight is 620 g/mol. The summed E-state index contributed by atoms with van der Waals surface area (Å²) in [5.74, 6) is 0.0230. The number of aryl methyl sites for hydroxylation is 1. The fourth-order valence-electron chi connectivity index (χ4n) is 5.83. The van der Waals surface area contributed by atoms with Gasteiger partial charge in [0.05, 0.1) is 11.4 Å². The van der Waals surface area contributed by atoms with Crippen LogP contribution < -0.4 is 19.1 Å². The highest BCUT2D eigenvalue weighted by Crippen LogP contribution is 2.36. The largest absolute Gasteiger partial charge is 0.454 e. The highest BCUT2D eigenvalue weighted by Gasteiger charge is 2.35. The zero-order valence-electron chi connectivity index (χ0n) is 25.4.